The molecule has 0 radical (unpaired) electrons. The molecule has 2 rings (SSSR count). The van der Waals surface area contributed by atoms with Crippen molar-refractivity contribution in [1.29, 1.82) is 0 Å². The summed E-state index contributed by atoms with van der Waals surface area (Å²) in [5, 5.41) is 22.4. The van der Waals surface area contributed by atoms with Gasteiger partial charge in [-0.25, -0.2) is 0 Å². The highest BCUT2D eigenvalue weighted by molar-refractivity contribution is 9.10. The van der Waals surface area contributed by atoms with Gasteiger partial charge in [0.05, 0.1) is 4.47 Å². The fourth-order valence-corrected chi connectivity index (χ4v) is 2.28. The van der Waals surface area contributed by atoms with Crippen molar-refractivity contribution in [3.63, 3.8) is 0 Å². The summed E-state index contributed by atoms with van der Waals surface area (Å²) in [6, 6.07) is 9.10. The molecule has 0 aromatic heterocycles. The molecule has 0 fully saturated rings. The van der Waals surface area contributed by atoms with Gasteiger partial charge in [0.1, 0.15) is 11.5 Å². The molecular weight excluding hydrogens is 306 g/mol. The van der Waals surface area contributed by atoms with E-state index in [1.165, 1.54) is 0 Å². The monoisotopic (exact) mass is 321 g/mol. The Morgan fingerprint density at radius 3 is 2.42 bits per heavy atom. The van der Waals surface area contributed by atoms with Gasteiger partial charge in [0, 0.05) is 12.2 Å². The van der Waals surface area contributed by atoms with E-state index in [1.807, 2.05) is 32.0 Å². The van der Waals surface area contributed by atoms with Crippen LogP contribution in [0, 0.1) is 13.8 Å². The fraction of sp³-hybridized carbons (Fsp3) is 0.200. The van der Waals surface area contributed by atoms with Gasteiger partial charge in [0.25, 0.3) is 0 Å². The van der Waals surface area contributed by atoms with E-state index in [9.17, 15) is 10.2 Å². The topological polar surface area (TPSA) is 52.5 Å². The molecule has 4 heteroatoms. The molecule has 0 unspecified atom stereocenters. The van der Waals surface area contributed by atoms with Gasteiger partial charge in [-0.3, -0.25) is 0 Å². The first-order chi connectivity index (χ1) is 8.97. The van der Waals surface area contributed by atoms with E-state index in [0.29, 0.717) is 16.8 Å². The van der Waals surface area contributed by atoms with Crippen molar-refractivity contribution in [1.82, 2.24) is 0 Å². The number of benzene rings is 2. The van der Waals surface area contributed by atoms with Crippen molar-refractivity contribution in [2.24, 2.45) is 0 Å². The van der Waals surface area contributed by atoms with Crippen molar-refractivity contribution < 1.29 is 10.2 Å². The van der Waals surface area contributed by atoms with E-state index in [1.54, 1.807) is 12.1 Å². The summed E-state index contributed by atoms with van der Waals surface area (Å²) < 4.78 is 0.686. The Morgan fingerprint density at radius 1 is 1.00 bits per heavy atom. The Hall–Kier alpha value is -1.68. The van der Waals surface area contributed by atoms with E-state index < -0.39 is 0 Å². The number of rotatable bonds is 3. The van der Waals surface area contributed by atoms with Gasteiger partial charge in [-0.05, 0) is 70.7 Å². The van der Waals surface area contributed by atoms with Crippen molar-refractivity contribution in [3.8, 4) is 11.5 Å². The molecule has 2 aromatic carbocycles. The minimum Gasteiger partial charge on any atom is -0.508 e. The summed E-state index contributed by atoms with van der Waals surface area (Å²) in [6.45, 7) is 4.48. The lowest BCUT2D eigenvalue weighted by Gasteiger charge is -2.12. The molecule has 2 aromatic rings. The van der Waals surface area contributed by atoms with Crippen LogP contribution in [0.15, 0.2) is 34.8 Å². The predicted octanol–water partition coefficient (Wildman–Crippen LogP) is 4.09. The Morgan fingerprint density at radius 2 is 1.74 bits per heavy atom. The number of anilines is 1. The molecule has 0 saturated heterocycles. The van der Waals surface area contributed by atoms with Gasteiger partial charge in [-0.1, -0.05) is 6.07 Å². The fourth-order valence-electron chi connectivity index (χ4n) is 1.85. The summed E-state index contributed by atoms with van der Waals surface area (Å²) in [7, 11) is 0. The number of nitrogens with one attached hydrogen (secondary N) is 1. The predicted molar refractivity (Wildman–Crippen MR) is 80.7 cm³/mol. The van der Waals surface area contributed by atoms with Crippen LogP contribution in [0.5, 0.6) is 11.5 Å². The first kappa shape index (κ1) is 13.7. The maximum absolute atomic E-state index is 9.61. The number of hydrogen-bond donors (Lipinski definition) is 3. The molecule has 0 heterocycles. The SMILES string of the molecule is Cc1cc(NCc2ccc(O)c(Br)c2)c(C)cc1O. The van der Waals surface area contributed by atoms with E-state index in [2.05, 4.69) is 21.2 Å². The van der Waals surface area contributed by atoms with Gasteiger partial charge >= 0.3 is 0 Å². The van der Waals surface area contributed by atoms with Crippen LogP contribution in [-0.2, 0) is 6.54 Å². The maximum atomic E-state index is 9.61. The second-order valence-electron chi connectivity index (χ2n) is 4.59. The van der Waals surface area contributed by atoms with Crippen molar-refractivity contribution >= 4 is 21.6 Å². The van der Waals surface area contributed by atoms with Crippen molar-refractivity contribution in [2.75, 3.05) is 5.32 Å². The molecule has 19 heavy (non-hydrogen) atoms. The highest BCUT2D eigenvalue weighted by atomic mass is 79.9. The highest BCUT2D eigenvalue weighted by Crippen LogP contribution is 2.27. The molecule has 0 spiro atoms. The molecule has 3 nitrogen and oxygen atoms in total. The summed E-state index contributed by atoms with van der Waals surface area (Å²) in [4.78, 5) is 0. The van der Waals surface area contributed by atoms with Crippen LogP contribution in [0.2, 0.25) is 0 Å². The van der Waals surface area contributed by atoms with Crippen LogP contribution in [0.1, 0.15) is 16.7 Å². The first-order valence-electron chi connectivity index (χ1n) is 5.99. The number of aromatic hydroxyl groups is 2. The zero-order valence-corrected chi connectivity index (χ0v) is 12.5. The average molecular weight is 322 g/mol. The van der Waals surface area contributed by atoms with Crippen LogP contribution < -0.4 is 5.32 Å². The standard InChI is InChI=1S/C15H16BrNO2/c1-9-6-15(19)10(2)5-13(9)17-8-11-3-4-14(18)12(16)7-11/h3-7,17-19H,8H2,1-2H3. The number of phenolic OH excluding ortho intramolecular Hbond substituents is 2. The van der Waals surface area contributed by atoms with E-state index in [4.69, 9.17) is 0 Å². The number of aryl methyl sites for hydroxylation is 2. The third-order valence-electron chi connectivity index (χ3n) is 3.04. The van der Waals surface area contributed by atoms with Crippen LogP contribution in [-0.4, -0.2) is 10.2 Å². The number of hydrogen-bond acceptors (Lipinski definition) is 3. The minimum absolute atomic E-state index is 0.236. The maximum Gasteiger partial charge on any atom is 0.129 e. The summed E-state index contributed by atoms with van der Waals surface area (Å²) in [5.74, 6) is 0.552. The van der Waals surface area contributed by atoms with Gasteiger partial charge < -0.3 is 15.5 Å². The van der Waals surface area contributed by atoms with Gasteiger partial charge in [0.2, 0.25) is 0 Å². The minimum atomic E-state index is 0.236. The third-order valence-corrected chi connectivity index (χ3v) is 3.67. The van der Waals surface area contributed by atoms with Crippen LogP contribution in [0.25, 0.3) is 0 Å². The Balaban J connectivity index is 2.14. The lowest BCUT2D eigenvalue weighted by molar-refractivity contribution is 0.470. The van der Waals surface area contributed by atoms with Crippen LogP contribution in [0.4, 0.5) is 5.69 Å². The Bertz CT molecular complexity index is 611. The second-order valence-corrected chi connectivity index (χ2v) is 5.45. The normalized spacial score (nSPS) is 10.5. The Kier molecular flexibility index (Phi) is 4.00. The molecule has 0 aliphatic heterocycles. The molecule has 0 bridgehead atoms. The van der Waals surface area contributed by atoms with Crippen molar-refractivity contribution in [2.45, 2.75) is 20.4 Å². The van der Waals surface area contributed by atoms with Crippen molar-refractivity contribution in [3.05, 3.63) is 51.5 Å². The quantitative estimate of drug-likeness (QED) is 0.746. The van der Waals surface area contributed by atoms with Gasteiger partial charge in [0.15, 0.2) is 0 Å². The molecule has 0 amide bonds. The number of halogens is 1. The van der Waals surface area contributed by atoms with Gasteiger partial charge in [-0.15, -0.1) is 0 Å². The van der Waals surface area contributed by atoms with Crippen LogP contribution >= 0.6 is 15.9 Å². The molecule has 3 N–H and O–H groups in total. The summed E-state index contributed by atoms with van der Waals surface area (Å²) >= 11 is 3.30. The van der Waals surface area contributed by atoms with E-state index in [0.717, 1.165) is 22.4 Å². The second kappa shape index (κ2) is 5.53. The highest BCUT2D eigenvalue weighted by Gasteiger charge is 2.04. The van der Waals surface area contributed by atoms with Gasteiger partial charge in [-0.2, -0.15) is 0 Å². The average Bonchev–Trinajstić information content (AvgIpc) is 2.36. The Labute approximate surface area is 121 Å². The molecule has 0 atom stereocenters. The molecule has 0 aliphatic carbocycles. The van der Waals surface area contributed by atoms with E-state index in [-0.39, 0.29) is 5.75 Å². The zero-order chi connectivity index (χ0) is 14.0. The molecule has 0 saturated carbocycles. The first-order valence-corrected chi connectivity index (χ1v) is 6.78. The lowest BCUT2D eigenvalue weighted by atomic mass is 10.1. The largest absolute Gasteiger partial charge is 0.508 e. The third kappa shape index (κ3) is 3.20. The summed E-state index contributed by atoms with van der Waals surface area (Å²) in [5.41, 5.74) is 3.91. The molecule has 0 aliphatic rings. The number of phenols is 2. The van der Waals surface area contributed by atoms with E-state index >= 15 is 0 Å². The molecular formula is C15H16BrNO2. The summed E-state index contributed by atoms with van der Waals surface area (Å²) in [6.07, 6.45) is 0. The lowest BCUT2D eigenvalue weighted by Crippen LogP contribution is -2.01. The smallest absolute Gasteiger partial charge is 0.129 e. The zero-order valence-electron chi connectivity index (χ0n) is 10.9. The van der Waals surface area contributed by atoms with Crippen LogP contribution in [0.3, 0.4) is 0 Å². The molecule has 100 valence electrons.